The van der Waals surface area contributed by atoms with Gasteiger partial charge in [0.15, 0.2) is 0 Å². The Kier molecular flexibility index (Phi) is 3.34. The molecule has 13 heavy (non-hydrogen) atoms. The lowest BCUT2D eigenvalue weighted by Crippen LogP contribution is -2.06. The lowest BCUT2D eigenvalue weighted by atomic mass is 9.92. The van der Waals surface area contributed by atoms with Gasteiger partial charge in [-0.3, -0.25) is 0 Å². The van der Waals surface area contributed by atoms with Gasteiger partial charge >= 0.3 is 0 Å². The molecule has 0 saturated heterocycles. The molecule has 0 radical (unpaired) electrons. The molecule has 76 valence electrons. The summed E-state index contributed by atoms with van der Waals surface area (Å²) in [7, 11) is 0. The van der Waals surface area contributed by atoms with Gasteiger partial charge in [-0.05, 0) is 38.0 Å². The summed E-state index contributed by atoms with van der Waals surface area (Å²) in [6.07, 6.45) is 4.75. The molecule has 0 heterocycles. The first-order valence-electron chi connectivity index (χ1n) is 5.25. The molecule has 1 rings (SSSR count). The van der Waals surface area contributed by atoms with Crippen molar-refractivity contribution >= 4 is 5.71 Å². The number of hydrogen-bond acceptors (Lipinski definition) is 2. The van der Waals surface area contributed by atoms with E-state index in [1.807, 2.05) is 0 Å². The summed E-state index contributed by atoms with van der Waals surface area (Å²) < 4.78 is 0. The SMILES string of the molecule is CCC(C)O/N=C1\CCC(C)(C)C1. The van der Waals surface area contributed by atoms with Crippen LogP contribution >= 0.6 is 0 Å². The van der Waals surface area contributed by atoms with E-state index in [2.05, 4.69) is 32.9 Å². The summed E-state index contributed by atoms with van der Waals surface area (Å²) in [6.45, 7) is 8.76. The minimum Gasteiger partial charge on any atom is -0.393 e. The van der Waals surface area contributed by atoms with Crippen LogP contribution in [0.15, 0.2) is 5.16 Å². The Balaban J connectivity index is 2.37. The van der Waals surface area contributed by atoms with Crippen LogP contribution in [0, 0.1) is 5.41 Å². The van der Waals surface area contributed by atoms with E-state index in [4.69, 9.17) is 4.84 Å². The van der Waals surface area contributed by atoms with Crippen LogP contribution in [-0.2, 0) is 4.84 Å². The highest BCUT2D eigenvalue weighted by Gasteiger charge is 2.28. The summed E-state index contributed by atoms with van der Waals surface area (Å²) in [5, 5.41) is 4.21. The maximum absolute atomic E-state index is 5.36. The fourth-order valence-corrected chi connectivity index (χ4v) is 1.53. The van der Waals surface area contributed by atoms with Gasteiger partial charge in [0.05, 0.1) is 5.71 Å². The van der Waals surface area contributed by atoms with E-state index in [0.717, 1.165) is 19.3 Å². The molecule has 1 aliphatic carbocycles. The van der Waals surface area contributed by atoms with E-state index in [0.29, 0.717) is 5.41 Å². The molecule has 0 spiro atoms. The summed E-state index contributed by atoms with van der Waals surface area (Å²) >= 11 is 0. The molecule has 2 heteroatoms. The van der Waals surface area contributed by atoms with Crippen molar-refractivity contribution in [1.29, 1.82) is 0 Å². The van der Waals surface area contributed by atoms with Crippen LogP contribution in [0.4, 0.5) is 0 Å². The highest BCUT2D eigenvalue weighted by Crippen LogP contribution is 2.35. The Morgan fingerprint density at radius 3 is 2.69 bits per heavy atom. The fourth-order valence-electron chi connectivity index (χ4n) is 1.53. The van der Waals surface area contributed by atoms with Gasteiger partial charge in [-0.25, -0.2) is 0 Å². The monoisotopic (exact) mass is 183 g/mol. The second kappa shape index (κ2) is 4.12. The molecule has 1 unspecified atom stereocenters. The molecule has 1 saturated carbocycles. The maximum atomic E-state index is 5.36. The number of oxime groups is 1. The molecule has 1 aliphatic rings. The average molecular weight is 183 g/mol. The van der Waals surface area contributed by atoms with Crippen molar-refractivity contribution < 1.29 is 4.84 Å². The standard InChI is InChI=1S/C11H21NO/c1-5-9(2)13-12-10-6-7-11(3,4)8-10/h9H,5-8H2,1-4H3/b12-10+. The predicted octanol–water partition coefficient (Wildman–Crippen LogP) is 3.37. The van der Waals surface area contributed by atoms with E-state index in [1.54, 1.807) is 0 Å². The Bertz CT molecular complexity index is 196. The first-order chi connectivity index (χ1) is 6.03. The van der Waals surface area contributed by atoms with Crippen molar-refractivity contribution in [3.63, 3.8) is 0 Å². The van der Waals surface area contributed by atoms with Gasteiger partial charge in [-0.1, -0.05) is 25.9 Å². The van der Waals surface area contributed by atoms with Crippen molar-refractivity contribution in [3.05, 3.63) is 0 Å². The zero-order chi connectivity index (χ0) is 9.90. The van der Waals surface area contributed by atoms with Crippen LogP contribution in [0.25, 0.3) is 0 Å². The molecule has 0 bridgehead atoms. The fraction of sp³-hybridized carbons (Fsp3) is 0.909. The van der Waals surface area contributed by atoms with Crippen molar-refractivity contribution in [2.45, 2.75) is 59.5 Å². The molecule has 1 fully saturated rings. The van der Waals surface area contributed by atoms with Crippen molar-refractivity contribution in [3.8, 4) is 0 Å². The zero-order valence-corrected chi connectivity index (χ0v) is 9.26. The molecule has 0 aromatic carbocycles. The second-order valence-electron chi connectivity index (χ2n) is 4.82. The van der Waals surface area contributed by atoms with Crippen molar-refractivity contribution in [2.24, 2.45) is 10.6 Å². The van der Waals surface area contributed by atoms with Crippen LogP contribution in [0.3, 0.4) is 0 Å². The highest BCUT2D eigenvalue weighted by molar-refractivity contribution is 5.86. The van der Waals surface area contributed by atoms with E-state index >= 15 is 0 Å². The minimum absolute atomic E-state index is 0.260. The van der Waals surface area contributed by atoms with Crippen LogP contribution in [0.2, 0.25) is 0 Å². The molecule has 2 nitrogen and oxygen atoms in total. The Morgan fingerprint density at radius 1 is 1.54 bits per heavy atom. The summed E-state index contributed by atoms with van der Waals surface area (Å²) in [5.41, 5.74) is 1.68. The van der Waals surface area contributed by atoms with Gasteiger partial charge in [0, 0.05) is 0 Å². The third-order valence-corrected chi connectivity index (χ3v) is 2.71. The summed E-state index contributed by atoms with van der Waals surface area (Å²) in [5.74, 6) is 0. The van der Waals surface area contributed by atoms with E-state index in [1.165, 1.54) is 12.1 Å². The molecular formula is C11H21NO. The number of rotatable bonds is 3. The van der Waals surface area contributed by atoms with Gasteiger partial charge in [0.25, 0.3) is 0 Å². The summed E-state index contributed by atoms with van der Waals surface area (Å²) in [6, 6.07) is 0. The Hall–Kier alpha value is -0.530. The van der Waals surface area contributed by atoms with Gasteiger partial charge < -0.3 is 4.84 Å². The van der Waals surface area contributed by atoms with Crippen molar-refractivity contribution in [2.75, 3.05) is 0 Å². The summed E-state index contributed by atoms with van der Waals surface area (Å²) in [4.78, 5) is 5.36. The molecule has 0 N–H and O–H groups in total. The third kappa shape index (κ3) is 3.37. The maximum Gasteiger partial charge on any atom is 0.124 e. The largest absolute Gasteiger partial charge is 0.393 e. The van der Waals surface area contributed by atoms with Crippen LogP contribution < -0.4 is 0 Å². The lowest BCUT2D eigenvalue weighted by molar-refractivity contribution is 0.0691. The van der Waals surface area contributed by atoms with Gasteiger partial charge in [0.1, 0.15) is 6.10 Å². The van der Waals surface area contributed by atoms with Crippen LogP contribution in [0.1, 0.15) is 53.4 Å². The highest BCUT2D eigenvalue weighted by atomic mass is 16.6. The first kappa shape index (κ1) is 10.6. The molecular weight excluding hydrogens is 162 g/mol. The number of hydrogen-bond donors (Lipinski definition) is 0. The Morgan fingerprint density at radius 2 is 2.23 bits per heavy atom. The molecule has 0 aromatic heterocycles. The smallest absolute Gasteiger partial charge is 0.124 e. The predicted molar refractivity (Wildman–Crippen MR) is 55.9 cm³/mol. The molecule has 1 atom stereocenters. The minimum atomic E-state index is 0.260. The second-order valence-corrected chi connectivity index (χ2v) is 4.82. The van der Waals surface area contributed by atoms with E-state index < -0.39 is 0 Å². The first-order valence-corrected chi connectivity index (χ1v) is 5.25. The lowest BCUT2D eigenvalue weighted by Gasteiger charge is -2.13. The topological polar surface area (TPSA) is 21.6 Å². The Labute approximate surface area is 81.3 Å². The van der Waals surface area contributed by atoms with Crippen LogP contribution in [0.5, 0.6) is 0 Å². The molecule has 0 aromatic rings. The molecule has 0 amide bonds. The van der Waals surface area contributed by atoms with E-state index in [-0.39, 0.29) is 6.10 Å². The van der Waals surface area contributed by atoms with Crippen LogP contribution in [-0.4, -0.2) is 11.8 Å². The van der Waals surface area contributed by atoms with Gasteiger partial charge in [-0.2, -0.15) is 0 Å². The number of nitrogens with zero attached hydrogens (tertiary/aromatic N) is 1. The third-order valence-electron chi connectivity index (χ3n) is 2.71. The normalized spacial score (nSPS) is 26.3. The quantitative estimate of drug-likeness (QED) is 0.615. The van der Waals surface area contributed by atoms with Gasteiger partial charge in [-0.15, -0.1) is 0 Å². The average Bonchev–Trinajstić information content (AvgIpc) is 2.41. The van der Waals surface area contributed by atoms with Gasteiger partial charge in [0.2, 0.25) is 0 Å². The van der Waals surface area contributed by atoms with Crippen molar-refractivity contribution in [1.82, 2.24) is 0 Å². The zero-order valence-electron chi connectivity index (χ0n) is 9.26. The van der Waals surface area contributed by atoms with E-state index in [9.17, 15) is 0 Å². The molecule has 0 aliphatic heterocycles.